The standard InChI is InChI=1S/C28H40F3N3O2/c1-20-9-13-32(14-10-20)25-17-23(36-28(29,30)31)7-8-24(25)21-11-15-33(18-21)26(35)27(2)12-16-34(19-27)22-5-3-4-6-22/h7-8,17,20-22H,3-6,9-16,18-19H2,1-2H3. The maximum atomic E-state index is 13.7. The number of nitrogens with zero attached hydrogens (tertiary/aromatic N) is 3. The van der Waals surface area contributed by atoms with Crippen LogP contribution in [0.25, 0.3) is 0 Å². The van der Waals surface area contributed by atoms with Crippen molar-refractivity contribution in [2.24, 2.45) is 11.3 Å². The average molecular weight is 508 g/mol. The van der Waals surface area contributed by atoms with Crippen molar-refractivity contribution in [3.05, 3.63) is 23.8 Å². The van der Waals surface area contributed by atoms with Gasteiger partial charge in [-0.15, -0.1) is 13.2 Å². The number of anilines is 1. The summed E-state index contributed by atoms with van der Waals surface area (Å²) in [5, 5.41) is 0. The fourth-order valence-corrected chi connectivity index (χ4v) is 6.92. The van der Waals surface area contributed by atoms with Crippen molar-refractivity contribution >= 4 is 11.6 Å². The van der Waals surface area contributed by atoms with Crippen LogP contribution in [0.4, 0.5) is 18.9 Å². The third-order valence-corrected chi connectivity index (χ3v) is 9.14. The van der Waals surface area contributed by atoms with Crippen molar-refractivity contribution in [1.82, 2.24) is 9.80 Å². The molecule has 8 heteroatoms. The summed E-state index contributed by atoms with van der Waals surface area (Å²) in [6.07, 6.45) is 4.17. The van der Waals surface area contributed by atoms with Crippen LogP contribution < -0.4 is 9.64 Å². The predicted molar refractivity (Wildman–Crippen MR) is 134 cm³/mol. The molecule has 1 aromatic carbocycles. The zero-order valence-corrected chi connectivity index (χ0v) is 21.7. The second-order valence-electron chi connectivity index (χ2n) is 11.9. The molecule has 4 aliphatic rings. The second-order valence-corrected chi connectivity index (χ2v) is 11.9. The highest BCUT2D eigenvalue weighted by Gasteiger charge is 2.46. The van der Waals surface area contributed by atoms with Crippen LogP contribution in [0.3, 0.4) is 0 Å². The van der Waals surface area contributed by atoms with E-state index >= 15 is 0 Å². The molecule has 3 heterocycles. The minimum absolute atomic E-state index is 0.124. The van der Waals surface area contributed by atoms with Crippen molar-refractivity contribution in [3.63, 3.8) is 0 Å². The molecule has 1 saturated carbocycles. The monoisotopic (exact) mass is 507 g/mol. The van der Waals surface area contributed by atoms with Gasteiger partial charge in [0.15, 0.2) is 0 Å². The highest BCUT2D eigenvalue weighted by Crippen LogP contribution is 2.42. The van der Waals surface area contributed by atoms with Gasteiger partial charge in [-0.3, -0.25) is 9.69 Å². The van der Waals surface area contributed by atoms with E-state index in [1.165, 1.54) is 31.7 Å². The Morgan fingerprint density at radius 3 is 2.44 bits per heavy atom. The van der Waals surface area contributed by atoms with Gasteiger partial charge < -0.3 is 14.5 Å². The molecule has 0 bridgehead atoms. The minimum atomic E-state index is -4.71. The first-order valence-corrected chi connectivity index (χ1v) is 13.8. The topological polar surface area (TPSA) is 36.0 Å². The molecule has 36 heavy (non-hydrogen) atoms. The van der Waals surface area contributed by atoms with Gasteiger partial charge in [-0.25, -0.2) is 0 Å². The lowest BCUT2D eigenvalue weighted by atomic mass is 9.88. The first kappa shape index (κ1) is 25.7. The molecule has 3 aliphatic heterocycles. The molecule has 5 rings (SSSR count). The summed E-state index contributed by atoms with van der Waals surface area (Å²) in [5.74, 6) is 0.821. The number of halogens is 3. The SMILES string of the molecule is CC1CCN(c2cc(OC(F)(F)F)ccc2C2CCN(C(=O)C3(C)CCN(C4CCCC4)C3)C2)CC1. The number of likely N-dealkylation sites (tertiary alicyclic amines) is 2. The number of ether oxygens (including phenoxy) is 1. The van der Waals surface area contributed by atoms with Gasteiger partial charge >= 0.3 is 6.36 Å². The number of hydrogen-bond acceptors (Lipinski definition) is 4. The van der Waals surface area contributed by atoms with Crippen LogP contribution in [0.5, 0.6) is 5.75 Å². The van der Waals surface area contributed by atoms with Crippen molar-refractivity contribution in [3.8, 4) is 5.75 Å². The van der Waals surface area contributed by atoms with Crippen molar-refractivity contribution in [1.29, 1.82) is 0 Å². The second kappa shape index (κ2) is 10.1. The molecule has 3 saturated heterocycles. The van der Waals surface area contributed by atoms with E-state index in [9.17, 15) is 18.0 Å². The van der Waals surface area contributed by atoms with E-state index in [4.69, 9.17) is 0 Å². The fraction of sp³-hybridized carbons (Fsp3) is 0.750. The average Bonchev–Trinajstić information content (AvgIpc) is 3.59. The Bertz CT molecular complexity index is 940. The van der Waals surface area contributed by atoms with Gasteiger partial charge in [-0.2, -0.15) is 0 Å². The van der Waals surface area contributed by atoms with Crippen molar-refractivity contribution in [2.45, 2.75) is 83.5 Å². The van der Waals surface area contributed by atoms with E-state index in [1.54, 1.807) is 12.1 Å². The van der Waals surface area contributed by atoms with Crippen LogP contribution in [0, 0.1) is 11.3 Å². The van der Waals surface area contributed by atoms with Gasteiger partial charge in [0.25, 0.3) is 0 Å². The van der Waals surface area contributed by atoms with E-state index in [0.29, 0.717) is 25.0 Å². The molecule has 2 atom stereocenters. The maximum absolute atomic E-state index is 13.7. The number of amides is 1. The third-order valence-electron chi connectivity index (χ3n) is 9.14. The van der Waals surface area contributed by atoms with Gasteiger partial charge in [0.05, 0.1) is 5.41 Å². The van der Waals surface area contributed by atoms with Gasteiger partial charge in [-0.1, -0.05) is 25.8 Å². The Morgan fingerprint density at radius 2 is 1.75 bits per heavy atom. The quantitative estimate of drug-likeness (QED) is 0.505. The number of carbonyl (C=O) groups excluding carboxylic acids is 1. The third kappa shape index (κ3) is 5.48. The highest BCUT2D eigenvalue weighted by atomic mass is 19.4. The number of benzene rings is 1. The number of alkyl halides is 3. The lowest BCUT2D eigenvalue weighted by Gasteiger charge is -2.35. The number of rotatable bonds is 5. The van der Waals surface area contributed by atoms with E-state index in [1.807, 2.05) is 4.90 Å². The predicted octanol–water partition coefficient (Wildman–Crippen LogP) is 5.79. The maximum Gasteiger partial charge on any atom is 0.573 e. The summed E-state index contributed by atoms with van der Waals surface area (Å²) < 4.78 is 43.1. The molecule has 0 aromatic heterocycles. The molecule has 1 aromatic rings. The van der Waals surface area contributed by atoms with Crippen LogP contribution in [-0.2, 0) is 4.79 Å². The van der Waals surface area contributed by atoms with Gasteiger partial charge in [0, 0.05) is 56.4 Å². The molecule has 0 spiro atoms. The van der Waals surface area contributed by atoms with Crippen LogP contribution in [0.2, 0.25) is 0 Å². The van der Waals surface area contributed by atoms with Crippen molar-refractivity contribution < 1.29 is 22.7 Å². The number of carbonyl (C=O) groups is 1. The molecule has 0 radical (unpaired) electrons. The molecular formula is C28H40F3N3O2. The summed E-state index contributed by atoms with van der Waals surface area (Å²) in [4.78, 5) is 20.4. The minimum Gasteiger partial charge on any atom is -0.406 e. The number of hydrogen-bond donors (Lipinski definition) is 0. The van der Waals surface area contributed by atoms with Gasteiger partial charge in [0.2, 0.25) is 5.91 Å². The Balaban J connectivity index is 1.31. The molecule has 0 N–H and O–H groups in total. The zero-order chi connectivity index (χ0) is 25.5. The molecule has 1 amide bonds. The van der Waals surface area contributed by atoms with E-state index in [2.05, 4.69) is 28.4 Å². The van der Waals surface area contributed by atoms with Crippen molar-refractivity contribution in [2.75, 3.05) is 44.2 Å². The summed E-state index contributed by atoms with van der Waals surface area (Å²) in [6, 6.07) is 5.42. The molecule has 200 valence electrons. The highest BCUT2D eigenvalue weighted by molar-refractivity contribution is 5.83. The van der Waals surface area contributed by atoms with E-state index in [0.717, 1.165) is 63.1 Å². The first-order valence-electron chi connectivity index (χ1n) is 13.8. The van der Waals surface area contributed by atoms with Gasteiger partial charge in [0.1, 0.15) is 5.75 Å². The zero-order valence-electron chi connectivity index (χ0n) is 21.7. The van der Waals surface area contributed by atoms with Crippen LogP contribution >= 0.6 is 0 Å². The Hall–Kier alpha value is -1.96. The Labute approximate surface area is 212 Å². The molecule has 5 nitrogen and oxygen atoms in total. The lowest BCUT2D eigenvalue weighted by molar-refractivity contribution is -0.274. The van der Waals surface area contributed by atoms with Crippen LogP contribution in [0.15, 0.2) is 18.2 Å². The molecule has 4 fully saturated rings. The van der Waals surface area contributed by atoms with Gasteiger partial charge in [-0.05, 0) is 69.5 Å². The molecule has 2 unspecified atom stereocenters. The normalized spacial score (nSPS) is 28.9. The van der Waals surface area contributed by atoms with E-state index in [-0.39, 0.29) is 23.0 Å². The summed E-state index contributed by atoms with van der Waals surface area (Å²) >= 11 is 0. The fourth-order valence-electron chi connectivity index (χ4n) is 6.92. The summed E-state index contributed by atoms with van der Waals surface area (Å²) in [5.41, 5.74) is 1.54. The molecular weight excluding hydrogens is 467 g/mol. The molecule has 1 aliphatic carbocycles. The number of piperidine rings is 1. The van der Waals surface area contributed by atoms with Crippen LogP contribution in [0.1, 0.15) is 76.7 Å². The summed E-state index contributed by atoms with van der Waals surface area (Å²) in [7, 11) is 0. The smallest absolute Gasteiger partial charge is 0.406 e. The first-order chi connectivity index (χ1) is 17.1. The largest absolute Gasteiger partial charge is 0.573 e. The van der Waals surface area contributed by atoms with E-state index < -0.39 is 6.36 Å². The lowest BCUT2D eigenvalue weighted by Crippen LogP contribution is -2.44. The van der Waals surface area contributed by atoms with Crippen LogP contribution in [-0.4, -0.2) is 67.4 Å². The Morgan fingerprint density at radius 1 is 1.03 bits per heavy atom. The summed E-state index contributed by atoms with van der Waals surface area (Å²) in [6.45, 7) is 9.19. The Kier molecular flexibility index (Phi) is 7.18.